The molecule has 2 N–H and O–H groups in total. The van der Waals surface area contributed by atoms with Gasteiger partial charge >= 0.3 is 0 Å². The van der Waals surface area contributed by atoms with E-state index in [9.17, 15) is 0 Å². The molecule has 2 nitrogen and oxygen atoms in total. The second-order valence-electron chi connectivity index (χ2n) is 3.29. The van der Waals surface area contributed by atoms with Crippen molar-refractivity contribution >= 4 is 11.6 Å². The Morgan fingerprint density at radius 1 is 1.50 bits per heavy atom. The van der Waals surface area contributed by atoms with Crippen LogP contribution in [0.15, 0.2) is 18.2 Å². The fourth-order valence-corrected chi connectivity index (χ4v) is 1.58. The summed E-state index contributed by atoms with van der Waals surface area (Å²) < 4.78 is 5.13. The van der Waals surface area contributed by atoms with Crippen LogP contribution < -0.4 is 10.5 Å². The third-order valence-electron chi connectivity index (χ3n) is 2.20. The van der Waals surface area contributed by atoms with Gasteiger partial charge in [-0.1, -0.05) is 31.0 Å². The number of hydrogen-bond acceptors (Lipinski definition) is 2. The molecule has 0 aromatic heterocycles. The van der Waals surface area contributed by atoms with Crippen molar-refractivity contribution in [3.05, 3.63) is 28.8 Å². The van der Waals surface area contributed by atoms with Gasteiger partial charge in [-0.15, -0.1) is 0 Å². The summed E-state index contributed by atoms with van der Waals surface area (Å²) >= 11 is 5.91. The van der Waals surface area contributed by atoms with Crippen LogP contribution in [-0.2, 0) is 0 Å². The van der Waals surface area contributed by atoms with Gasteiger partial charge in [-0.2, -0.15) is 0 Å². The normalized spacial score (nSPS) is 12.6. The highest BCUT2D eigenvalue weighted by Gasteiger charge is 2.07. The molecule has 0 fully saturated rings. The van der Waals surface area contributed by atoms with Gasteiger partial charge < -0.3 is 10.5 Å². The average Bonchev–Trinajstić information content (AvgIpc) is 2.19. The van der Waals surface area contributed by atoms with E-state index in [1.807, 2.05) is 18.2 Å². The molecule has 0 aliphatic carbocycles. The van der Waals surface area contributed by atoms with Crippen molar-refractivity contribution in [2.24, 2.45) is 5.73 Å². The molecule has 1 rings (SSSR count). The molecule has 0 amide bonds. The van der Waals surface area contributed by atoms with E-state index in [4.69, 9.17) is 22.1 Å². The van der Waals surface area contributed by atoms with Crippen LogP contribution >= 0.6 is 11.6 Å². The van der Waals surface area contributed by atoms with Crippen LogP contribution in [0, 0.1) is 0 Å². The zero-order valence-electron chi connectivity index (χ0n) is 8.59. The van der Waals surface area contributed by atoms with Gasteiger partial charge in [-0.05, 0) is 24.1 Å². The highest BCUT2D eigenvalue weighted by molar-refractivity contribution is 6.32. The third-order valence-corrected chi connectivity index (χ3v) is 2.52. The lowest BCUT2D eigenvalue weighted by molar-refractivity contribution is 0.414. The number of ether oxygens (including phenoxy) is 1. The first-order valence-electron chi connectivity index (χ1n) is 4.78. The molecule has 14 heavy (non-hydrogen) atoms. The first-order valence-corrected chi connectivity index (χ1v) is 5.15. The van der Waals surface area contributed by atoms with Crippen LogP contribution in [0.2, 0.25) is 5.02 Å². The quantitative estimate of drug-likeness (QED) is 0.834. The topological polar surface area (TPSA) is 35.2 Å². The summed E-state index contributed by atoms with van der Waals surface area (Å²) in [7, 11) is 1.61. The Morgan fingerprint density at radius 2 is 2.21 bits per heavy atom. The van der Waals surface area contributed by atoms with Gasteiger partial charge in [0.2, 0.25) is 0 Å². The number of methoxy groups -OCH3 is 1. The van der Waals surface area contributed by atoms with Crippen LogP contribution in [0.4, 0.5) is 0 Å². The van der Waals surface area contributed by atoms with E-state index in [0.29, 0.717) is 10.8 Å². The van der Waals surface area contributed by atoms with Crippen LogP contribution in [0.3, 0.4) is 0 Å². The summed E-state index contributed by atoms with van der Waals surface area (Å²) in [6.45, 7) is 2.12. The zero-order chi connectivity index (χ0) is 10.6. The molecule has 0 aliphatic rings. The maximum Gasteiger partial charge on any atom is 0.137 e. The molecule has 0 spiro atoms. The molecular formula is C11H16ClNO. The first kappa shape index (κ1) is 11.3. The summed E-state index contributed by atoms with van der Waals surface area (Å²) in [6, 6.07) is 5.75. The van der Waals surface area contributed by atoms with Gasteiger partial charge in [0.15, 0.2) is 0 Å². The van der Waals surface area contributed by atoms with Crippen LogP contribution in [0.1, 0.15) is 31.4 Å². The minimum Gasteiger partial charge on any atom is -0.495 e. The van der Waals surface area contributed by atoms with E-state index in [1.54, 1.807) is 7.11 Å². The molecule has 0 aliphatic heterocycles. The fraction of sp³-hybridized carbons (Fsp3) is 0.455. The van der Waals surface area contributed by atoms with Crippen molar-refractivity contribution in [1.29, 1.82) is 0 Å². The maximum absolute atomic E-state index is 5.98. The molecule has 0 radical (unpaired) electrons. The summed E-state index contributed by atoms with van der Waals surface area (Å²) in [4.78, 5) is 0. The maximum atomic E-state index is 5.98. The predicted molar refractivity (Wildman–Crippen MR) is 59.8 cm³/mol. The summed E-state index contributed by atoms with van der Waals surface area (Å²) in [5, 5.41) is 0.625. The predicted octanol–water partition coefficient (Wildman–Crippen LogP) is 3.15. The van der Waals surface area contributed by atoms with Gasteiger partial charge in [0.25, 0.3) is 0 Å². The van der Waals surface area contributed by atoms with Crippen molar-refractivity contribution in [2.75, 3.05) is 7.11 Å². The molecule has 0 bridgehead atoms. The van der Waals surface area contributed by atoms with Crippen molar-refractivity contribution < 1.29 is 4.74 Å². The number of rotatable bonds is 4. The van der Waals surface area contributed by atoms with Crippen molar-refractivity contribution in [3.8, 4) is 5.75 Å². The Labute approximate surface area is 90.0 Å². The van der Waals surface area contributed by atoms with Gasteiger partial charge in [0, 0.05) is 6.04 Å². The minimum atomic E-state index is 0.0752. The van der Waals surface area contributed by atoms with Gasteiger partial charge in [0.1, 0.15) is 5.75 Å². The lowest BCUT2D eigenvalue weighted by Gasteiger charge is -2.12. The standard InChI is InChI=1S/C11H16ClNO/c1-3-4-10(13)8-5-6-9(12)11(7-8)14-2/h5-7,10H,3-4,13H2,1-2H3/t10-/m0/s1. The summed E-state index contributed by atoms with van der Waals surface area (Å²) in [5.74, 6) is 0.690. The Hall–Kier alpha value is -0.730. The van der Waals surface area contributed by atoms with Crippen molar-refractivity contribution in [2.45, 2.75) is 25.8 Å². The van der Waals surface area contributed by atoms with E-state index in [-0.39, 0.29) is 6.04 Å². The van der Waals surface area contributed by atoms with E-state index in [0.717, 1.165) is 18.4 Å². The highest BCUT2D eigenvalue weighted by Crippen LogP contribution is 2.28. The lowest BCUT2D eigenvalue weighted by Crippen LogP contribution is -2.09. The van der Waals surface area contributed by atoms with E-state index >= 15 is 0 Å². The third kappa shape index (κ3) is 2.63. The number of hydrogen-bond donors (Lipinski definition) is 1. The average molecular weight is 214 g/mol. The van der Waals surface area contributed by atoms with Crippen LogP contribution in [0.25, 0.3) is 0 Å². The minimum absolute atomic E-state index is 0.0752. The molecule has 1 aromatic carbocycles. The SMILES string of the molecule is CCC[C@H](N)c1ccc(Cl)c(OC)c1. The molecule has 0 unspecified atom stereocenters. The van der Waals surface area contributed by atoms with Crippen molar-refractivity contribution in [3.63, 3.8) is 0 Å². The second-order valence-corrected chi connectivity index (χ2v) is 3.70. The molecule has 0 saturated heterocycles. The second kappa shape index (κ2) is 5.23. The zero-order valence-corrected chi connectivity index (χ0v) is 9.34. The van der Waals surface area contributed by atoms with Crippen molar-refractivity contribution in [1.82, 2.24) is 0 Å². The number of benzene rings is 1. The number of nitrogens with two attached hydrogens (primary N) is 1. The van der Waals surface area contributed by atoms with Gasteiger partial charge in [-0.3, -0.25) is 0 Å². The molecule has 1 atom stereocenters. The monoisotopic (exact) mass is 213 g/mol. The van der Waals surface area contributed by atoms with Crippen LogP contribution in [-0.4, -0.2) is 7.11 Å². The largest absolute Gasteiger partial charge is 0.495 e. The molecule has 1 aromatic rings. The Balaban J connectivity index is 2.88. The lowest BCUT2D eigenvalue weighted by atomic mass is 10.0. The van der Waals surface area contributed by atoms with E-state index in [2.05, 4.69) is 6.92 Å². The molecule has 0 saturated carbocycles. The Bertz CT molecular complexity index is 301. The molecule has 78 valence electrons. The van der Waals surface area contributed by atoms with E-state index in [1.165, 1.54) is 0 Å². The summed E-state index contributed by atoms with van der Waals surface area (Å²) in [6.07, 6.45) is 2.05. The molecule has 3 heteroatoms. The summed E-state index contributed by atoms with van der Waals surface area (Å²) in [5.41, 5.74) is 7.06. The van der Waals surface area contributed by atoms with E-state index < -0.39 is 0 Å². The number of halogens is 1. The Kier molecular flexibility index (Phi) is 4.23. The van der Waals surface area contributed by atoms with Gasteiger partial charge in [0.05, 0.1) is 12.1 Å². The van der Waals surface area contributed by atoms with Gasteiger partial charge in [-0.25, -0.2) is 0 Å². The molecule has 0 heterocycles. The smallest absolute Gasteiger partial charge is 0.137 e. The fourth-order valence-electron chi connectivity index (χ4n) is 1.38. The Morgan fingerprint density at radius 3 is 2.79 bits per heavy atom. The highest BCUT2D eigenvalue weighted by atomic mass is 35.5. The van der Waals surface area contributed by atoms with Crippen LogP contribution in [0.5, 0.6) is 5.75 Å². The first-order chi connectivity index (χ1) is 6.69. The molecular weight excluding hydrogens is 198 g/mol.